The Hall–Kier alpha value is -3.60. The molecule has 0 bridgehead atoms. The number of piperazine rings is 1. The molecule has 2 aliphatic heterocycles. The molecule has 2 N–H and O–H groups in total. The van der Waals surface area contributed by atoms with Crippen molar-refractivity contribution in [2.75, 3.05) is 43.4 Å². The van der Waals surface area contributed by atoms with Crippen LogP contribution in [0.4, 0.5) is 20.2 Å². The largest absolute Gasteiger partial charge is 0.365 e. The van der Waals surface area contributed by atoms with E-state index < -0.39 is 23.9 Å². The number of anilines is 2. The molecule has 2 amide bonds. The molecule has 1 fully saturated rings. The predicted molar refractivity (Wildman–Crippen MR) is 117 cm³/mol. The summed E-state index contributed by atoms with van der Waals surface area (Å²) in [4.78, 5) is 35.7. The summed E-state index contributed by atoms with van der Waals surface area (Å²) in [7, 11) is 1.47. The Morgan fingerprint density at radius 3 is 2.67 bits per heavy atom. The molecular formula is C22H23F2N7O2. The molecule has 9 nitrogen and oxygen atoms in total. The van der Waals surface area contributed by atoms with Gasteiger partial charge >= 0.3 is 0 Å². The second-order valence-corrected chi connectivity index (χ2v) is 8.31. The molecule has 11 heteroatoms. The standard InChI is InChI=1S/C22H23F2N7O2/c1-12-17-18-15(27-20(12)32)9-13(11-31(18)22(24)28-17)10-29-5-7-30(8-6-29)16-4-3-14(21(33)25-2)26-19(16)23/h3-4,9,11-12H,5-8,10H2,1-2H3,(H,25,33)(H,27,32)/t12-/m1/s1. The summed E-state index contributed by atoms with van der Waals surface area (Å²) in [6.07, 6.45) is 1.07. The van der Waals surface area contributed by atoms with Crippen LogP contribution in [0.3, 0.4) is 0 Å². The number of hydrogen-bond donors (Lipinski definition) is 2. The molecule has 2 aliphatic rings. The maximum atomic E-state index is 14.5. The van der Waals surface area contributed by atoms with Gasteiger partial charge in [0, 0.05) is 46.0 Å². The number of hydrogen-bond acceptors (Lipinski definition) is 6. The number of aromatic nitrogens is 3. The van der Waals surface area contributed by atoms with E-state index in [1.807, 2.05) is 11.0 Å². The smallest absolute Gasteiger partial charge is 0.294 e. The molecule has 5 rings (SSSR count). The first-order valence-corrected chi connectivity index (χ1v) is 10.7. The molecule has 0 unspecified atom stereocenters. The van der Waals surface area contributed by atoms with E-state index in [1.165, 1.54) is 17.5 Å². The minimum absolute atomic E-state index is 0.0353. The van der Waals surface area contributed by atoms with E-state index in [0.29, 0.717) is 55.3 Å². The Kier molecular flexibility index (Phi) is 5.20. The number of rotatable bonds is 4. The van der Waals surface area contributed by atoms with Crippen LogP contribution in [-0.4, -0.2) is 64.3 Å². The zero-order valence-electron chi connectivity index (χ0n) is 18.2. The molecule has 0 aromatic carbocycles. The highest BCUT2D eigenvalue weighted by Crippen LogP contribution is 2.34. The highest BCUT2D eigenvalue weighted by atomic mass is 19.1. The van der Waals surface area contributed by atoms with E-state index in [9.17, 15) is 18.4 Å². The summed E-state index contributed by atoms with van der Waals surface area (Å²) in [5.74, 6) is -1.82. The number of imidazole rings is 1. The van der Waals surface area contributed by atoms with Gasteiger partial charge in [0.05, 0.1) is 28.5 Å². The molecule has 3 aromatic rings. The Balaban J connectivity index is 1.30. The van der Waals surface area contributed by atoms with E-state index in [-0.39, 0.29) is 11.6 Å². The molecular weight excluding hydrogens is 432 g/mol. The van der Waals surface area contributed by atoms with Crippen LogP contribution in [0.5, 0.6) is 0 Å². The van der Waals surface area contributed by atoms with Gasteiger partial charge in [0.2, 0.25) is 11.9 Å². The molecule has 0 radical (unpaired) electrons. The van der Waals surface area contributed by atoms with Crippen LogP contribution in [0.2, 0.25) is 0 Å². The Morgan fingerprint density at radius 2 is 1.97 bits per heavy atom. The van der Waals surface area contributed by atoms with Gasteiger partial charge in [-0.1, -0.05) is 0 Å². The fraction of sp³-hybridized carbons (Fsp3) is 0.364. The van der Waals surface area contributed by atoms with E-state index in [0.717, 1.165) is 5.56 Å². The number of pyridine rings is 2. The van der Waals surface area contributed by atoms with Crippen molar-refractivity contribution in [1.82, 2.24) is 24.6 Å². The first kappa shape index (κ1) is 21.3. The Bertz CT molecular complexity index is 1270. The zero-order valence-corrected chi connectivity index (χ0v) is 18.2. The lowest BCUT2D eigenvalue weighted by Crippen LogP contribution is -2.46. The minimum atomic E-state index is -0.676. The van der Waals surface area contributed by atoms with E-state index in [2.05, 4.69) is 25.5 Å². The van der Waals surface area contributed by atoms with Gasteiger partial charge in [-0.15, -0.1) is 0 Å². The SMILES string of the molecule is CNC(=O)c1ccc(N2CCN(Cc3cc4c5c(nc(F)n5c3)[C@@H](C)C(=O)N4)CC2)c(F)n1. The second kappa shape index (κ2) is 8.07. The van der Waals surface area contributed by atoms with Crippen molar-refractivity contribution in [3.05, 3.63) is 53.4 Å². The lowest BCUT2D eigenvalue weighted by molar-refractivity contribution is -0.117. The van der Waals surface area contributed by atoms with Crippen molar-refractivity contribution in [2.24, 2.45) is 0 Å². The van der Waals surface area contributed by atoms with Crippen molar-refractivity contribution >= 4 is 28.7 Å². The lowest BCUT2D eigenvalue weighted by atomic mass is 10.0. The summed E-state index contributed by atoms with van der Waals surface area (Å²) < 4.78 is 30.3. The molecule has 3 aromatic heterocycles. The topological polar surface area (TPSA) is 94.9 Å². The minimum Gasteiger partial charge on any atom is -0.365 e. The maximum Gasteiger partial charge on any atom is 0.294 e. The van der Waals surface area contributed by atoms with Gasteiger partial charge in [-0.05, 0) is 30.7 Å². The molecule has 1 saturated heterocycles. The van der Waals surface area contributed by atoms with Crippen LogP contribution in [0.1, 0.15) is 34.6 Å². The number of carbonyl (C=O) groups excluding carboxylic acids is 2. The maximum absolute atomic E-state index is 14.5. The third-order valence-electron chi connectivity index (χ3n) is 6.24. The fourth-order valence-corrected chi connectivity index (χ4v) is 4.44. The predicted octanol–water partition coefficient (Wildman–Crippen LogP) is 1.74. The average molecular weight is 455 g/mol. The molecule has 0 saturated carbocycles. The van der Waals surface area contributed by atoms with Gasteiger partial charge in [0.25, 0.3) is 12.0 Å². The van der Waals surface area contributed by atoms with Crippen LogP contribution in [0.15, 0.2) is 24.4 Å². The van der Waals surface area contributed by atoms with Gasteiger partial charge in [0.1, 0.15) is 5.69 Å². The Labute approximate surface area is 188 Å². The van der Waals surface area contributed by atoms with Crippen molar-refractivity contribution < 1.29 is 18.4 Å². The number of nitrogens with zero attached hydrogens (tertiary/aromatic N) is 5. The normalized spacial score (nSPS) is 18.5. The van der Waals surface area contributed by atoms with Crippen LogP contribution in [0, 0.1) is 12.0 Å². The van der Waals surface area contributed by atoms with Gasteiger partial charge in [-0.2, -0.15) is 8.78 Å². The number of amides is 2. The summed E-state index contributed by atoms with van der Waals surface area (Å²) >= 11 is 0. The van der Waals surface area contributed by atoms with Gasteiger partial charge in [-0.25, -0.2) is 9.97 Å². The first-order valence-electron chi connectivity index (χ1n) is 10.7. The van der Waals surface area contributed by atoms with Crippen LogP contribution >= 0.6 is 0 Å². The number of nitrogens with one attached hydrogen (secondary N) is 2. The second-order valence-electron chi connectivity index (χ2n) is 8.31. The highest BCUT2D eigenvalue weighted by Gasteiger charge is 2.30. The summed E-state index contributed by atoms with van der Waals surface area (Å²) in [6.45, 7) is 4.72. The third-order valence-corrected chi connectivity index (χ3v) is 6.24. The molecule has 0 aliphatic carbocycles. The van der Waals surface area contributed by atoms with Crippen molar-refractivity contribution in [3.63, 3.8) is 0 Å². The highest BCUT2D eigenvalue weighted by molar-refractivity contribution is 6.04. The first-order chi connectivity index (χ1) is 15.9. The number of halogens is 2. The summed E-state index contributed by atoms with van der Waals surface area (Å²) in [6, 6.07) is 4.94. The molecule has 0 spiro atoms. The number of carbonyl (C=O) groups is 2. The quantitative estimate of drug-likeness (QED) is 0.582. The van der Waals surface area contributed by atoms with Crippen molar-refractivity contribution in [3.8, 4) is 0 Å². The Morgan fingerprint density at radius 1 is 1.21 bits per heavy atom. The van der Waals surface area contributed by atoms with Crippen molar-refractivity contribution in [2.45, 2.75) is 19.4 Å². The third kappa shape index (κ3) is 3.67. The molecule has 33 heavy (non-hydrogen) atoms. The summed E-state index contributed by atoms with van der Waals surface area (Å²) in [5.41, 5.74) is 2.84. The average Bonchev–Trinajstić information content (AvgIpc) is 3.14. The van der Waals surface area contributed by atoms with Crippen LogP contribution in [0.25, 0.3) is 5.52 Å². The van der Waals surface area contributed by atoms with E-state index in [4.69, 9.17) is 0 Å². The van der Waals surface area contributed by atoms with E-state index in [1.54, 1.807) is 19.2 Å². The van der Waals surface area contributed by atoms with Crippen LogP contribution < -0.4 is 15.5 Å². The molecule has 1 atom stereocenters. The van der Waals surface area contributed by atoms with Gasteiger partial charge in [-0.3, -0.25) is 18.9 Å². The van der Waals surface area contributed by atoms with Gasteiger partial charge < -0.3 is 15.5 Å². The lowest BCUT2D eigenvalue weighted by Gasteiger charge is -2.36. The molecule has 172 valence electrons. The zero-order chi connectivity index (χ0) is 23.3. The monoisotopic (exact) mass is 455 g/mol. The van der Waals surface area contributed by atoms with E-state index >= 15 is 0 Å². The van der Waals surface area contributed by atoms with Gasteiger partial charge in [0.15, 0.2) is 0 Å². The van der Waals surface area contributed by atoms with Crippen LogP contribution in [-0.2, 0) is 11.3 Å². The van der Waals surface area contributed by atoms with Crippen molar-refractivity contribution in [1.29, 1.82) is 0 Å². The summed E-state index contributed by atoms with van der Waals surface area (Å²) in [5, 5.41) is 5.27. The fourth-order valence-electron chi connectivity index (χ4n) is 4.44. The molecule has 5 heterocycles.